The van der Waals surface area contributed by atoms with Gasteiger partial charge < -0.3 is 14.2 Å². The number of ether oxygens (including phenoxy) is 3. The summed E-state index contributed by atoms with van der Waals surface area (Å²) >= 11 is 0. The maximum Gasteiger partial charge on any atom is 0.307 e. The summed E-state index contributed by atoms with van der Waals surface area (Å²) in [5, 5.41) is 0. The van der Waals surface area contributed by atoms with Gasteiger partial charge in [-0.2, -0.15) is 0 Å². The lowest BCUT2D eigenvalue weighted by molar-refractivity contribution is -0.155. The maximum atomic E-state index is 11.0. The van der Waals surface area contributed by atoms with Crippen molar-refractivity contribution in [3.8, 4) is 0 Å². The van der Waals surface area contributed by atoms with Crippen LogP contribution in [0.4, 0.5) is 0 Å². The highest BCUT2D eigenvalue weighted by atomic mass is 16.7. The van der Waals surface area contributed by atoms with Crippen LogP contribution in [0, 0.1) is 0 Å². The second kappa shape index (κ2) is 10.9. The van der Waals surface area contributed by atoms with Crippen molar-refractivity contribution in [2.75, 3.05) is 26.6 Å². The molecule has 0 N–H and O–H groups in total. The first-order valence-corrected chi connectivity index (χ1v) is 4.84. The molecule has 0 aromatic carbocycles. The Kier molecular flexibility index (Phi) is 10.1. The molecule has 0 aliphatic carbocycles. The Morgan fingerprint density at radius 2 is 1.80 bits per heavy atom. The molecule has 0 fully saturated rings. The molecule has 0 saturated carbocycles. The van der Waals surface area contributed by atoms with Crippen LogP contribution in [0.15, 0.2) is 25.3 Å². The van der Waals surface area contributed by atoms with E-state index in [1.54, 1.807) is 12.2 Å². The lowest BCUT2D eigenvalue weighted by Crippen LogP contribution is -2.09. The third-order valence-corrected chi connectivity index (χ3v) is 1.44. The Bertz CT molecular complexity index is 189. The molecular formula is C11H18O4. The van der Waals surface area contributed by atoms with Crippen LogP contribution in [0.1, 0.15) is 12.8 Å². The van der Waals surface area contributed by atoms with E-state index in [9.17, 15) is 4.79 Å². The van der Waals surface area contributed by atoms with E-state index in [-0.39, 0.29) is 12.8 Å². The van der Waals surface area contributed by atoms with Crippen LogP contribution < -0.4 is 0 Å². The van der Waals surface area contributed by atoms with Gasteiger partial charge in [0, 0.05) is 13.0 Å². The SMILES string of the molecule is C=CCOCCCC(=O)OCOCC=C. The quantitative estimate of drug-likeness (QED) is 0.240. The zero-order chi connectivity index (χ0) is 11.4. The topological polar surface area (TPSA) is 44.8 Å². The van der Waals surface area contributed by atoms with Crippen molar-refractivity contribution < 1.29 is 19.0 Å². The Balaban J connectivity index is 3.18. The average Bonchev–Trinajstić information content (AvgIpc) is 2.24. The van der Waals surface area contributed by atoms with E-state index in [4.69, 9.17) is 14.2 Å². The largest absolute Gasteiger partial charge is 0.438 e. The fraction of sp³-hybridized carbons (Fsp3) is 0.545. The van der Waals surface area contributed by atoms with Crippen LogP contribution in [-0.4, -0.2) is 32.6 Å². The summed E-state index contributed by atoms with van der Waals surface area (Å²) in [6.07, 6.45) is 4.25. The van der Waals surface area contributed by atoms with Crippen LogP contribution in [0.2, 0.25) is 0 Å². The summed E-state index contributed by atoms with van der Waals surface area (Å²) in [7, 11) is 0. The Labute approximate surface area is 90.5 Å². The number of carbonyl (C=O) groups is 1. The van der Waals surface area contributed by atoms with E-state index in [1.165, 1.54) is 0 Å². The van der Waals surface area contributed by atoms with E-state index >= 15 is 0 Å². The molecular weight excluding hydrogens is 196 g/mol. The maximum absolute atomic E-state index is 11.0. The zero-order valence-electron chi connectivity index (χ0n) is 8.94. The third kappa shape index (κ3) is 10.8. The molecule has 0 rings (SSSR count). The summed E-state index contributed by atoms with van der Waals surface area (Å²) < 4.78 is 14.8. The van der Waals surface area contributed by atoms with Crippen LogP contribution in [0.5, 0.6) is 0 Å². The van der Waals surface area contributed by atoms with Gasteiger partial charge >= 0.3 is 5.97 Å². The Morgan fingerprint density at radius 1 is 1.13 bits per heavy atom. The molecule has 0 spiro atoms. The van der Waals surface area contributed by atoms with Gasteiger partial charge in [0.15, 0.2) is 6.79 Å². The molecule has 0 aliphatic heterocycles. The summed E-state index contributed by atoms with van der Waals surface area (Å²) in [6.45, 7) is 8.39. The van der Waals surface area contributed by atoms with E-state index in [2.05, 4.69) is 13.2 Å². The Hall–Kier alpha value is -1.13. The first-order chi connectivity index (χ1) is 7.31. The minimum Gasteiger partial charge on any atom is -0.438 e. The van der Waals surface area contributed by atoms with Crippen LogP contribution >= 0.6 is 0 Å². The minimum atomic E-state index is -0.277. The van der Waals surface area contributed by atoms with E-state index in [1.807, 2.05) is 0 Å². The van der Waals surface area contributed by atoms with Crippen molar-refractivity contribution in [3.63, 3.8) is 0 Å². The van der Waals surface area contributed by atoms with Crippen molar-refractivity contribution in [1.82, 2.24) is 0 Å². The first kappa shape index (κ1) is 13.9. The van der Waals surface area contributed by atoms with Gasteiger partial charge in [0.05, 0.1) is 13.2 Å². The van der Waals surface area contributed by atoms with Crippen LogP contribution in [-0.2, 0) is 19.0 Å². The molecule has 0 amide bonds. The summed E-state index contributed by atoms with van der Waals surface area (Å²) in [5.74, 6) is -0.277. The second-order valence-electron chi connectivity index (χ2n) is 2.76. The average molecular weight is 214 g/mol. The lowest BCUT2D eigenvalue weighted by atomic mass is 10.3. The molecule has 0 bridgehead atoms. The van der Waals surface area contributed by atoms with Crippen molar-refractivity contribution in [2.24, 2.45) is 0 Å². The molecule has 0 heterocycles. The third-order valence-electron chi connectivity index (χ3n) is 1.44. The molecule has 4 heteroatoms. The fourth-order valence-electron chi connectivity index (χ4n) is 0.796. The molecule has 0 saturated heterocycles. The summed E-state index contributed by atoms with van der Waals surface area (Å²) in [6, 6.07) is 0. The van der Waals surface area contributed by atoms with Crippen LogP contribution in [0.3, 0.4) is 0 Å². The molecule has 0 aromatic heterocycles. The van der Waals surface area contributed by atoms with Gasteiger partial charge in [0.25, 0.3) is 0 Å². The molecule has 0 aliphatic rings. The second-order valence-corrected chi connectivity index (χ2v) is 2.76. The molecule has 0 unspecified atom stereocenters. The predicted octanol–water partition coefficient (Wildman–Crippen LogP) is 1.67. The van der Waals surface area contributed by atoms with Crippen molar-refractivity contribution in [3.05, 3.63) is 25.3 Å². The van der Waals surface area contributed by atoms with E-state index in [0.717, 1.165) is 0 Å². The van der Waals surface area contributed by atoms with Gasteiger partial charge in [-0.3, -0.25) is 4.79 Å². The van der Waals surface area contributed by atoms with Gasteiger partial charge in [-0.25, -0.2) is 0 Å². The highest BCUT2D eigenvalue weighted by molar-refractivity contribution is 5.69. The highest BCUT2D eigenvalue weighted by Gasteiger charge is 2.01. The molecule has 4 nitrogen and oxygen atoms in total. The van der Waals surface area contributed by atoms with Crippen molar-refractivity contribution in [2.45, 2.75) is 12.8 Å². The van der Waals surface area contributed by atoms with Gasteiger partial charge in [-0.1, -0.05) is 12.2 Å². The van der Waals surface area contributed by atoms with Crippen LogP contribution in [0.25, 0.3) is 0 Å². The number of hydrogen-bond acceptors (Lipinski definition) is 4. The van der Waals surface area contributed by atoms with Gasteiger partial charge in [0.1, 0.15) is 0 Å². The Morgan fingerprint density at radius 3 is 2.47 bits per heavy atom. The summed E-state index contributed by atoms with van der Waals surface area (Å²) in [4.78, 5) is 11.0. The number of carbonyl (C=O) groups excluding carboxylic acids is 1. The number of rotatable bonds is 10. The number of esters is 1. The predicted molar refractivity (Wildman–Crippen MR) is 57.4 cm³/mol. The monoisotopic (exact) mass is 214 g/mol. The number of hydrogen-bond donors (Lipinski definition) is 0. The highest BCUT2D eigenvalue weighted by Crippen LogP contribution is 1.94. The zero-order valence-corrected chi connectivity index (χ0v) is 8.94. The smallest absolute Gasteiger partial charge is 0.307 e. The van der Waals surface area contributed by atoms with Crippen molar-refractivity contribution >= 4 is 5.97 Å². The first-order valence-electron chi connectivity index (χ1n) is 4.84. The molecule has 0 aromatic rings. The van der Waals surface area contributed by atoms with Gasteiger partial charge in [-0.15, -0.1) is 13.2 Å². The fourth-order valence-corrected chi connectivity index (χ4v) is 0.796. The normalized spacial score (nSPS) is 9.60. The molecule has 15 heavy (non-hydrogen) atoms. The molecule has 0 radical (unpaired) electrons. The van der Waals surface area contributed by atoms with Crippen molar-refractivity contribution in [1.29, 1.82) is 0 Å². The van der Waals surface area contributed by atoms with Gasteiger partial charge in [-0.05, 0) is 6.42 Å². The standard InChI is InChI=1S/C11H18O4/c1-3-7-13-9-5-6-11(12)15-10-14-8-4-2/h3-4H,1-2,5-10H2. The van der Waals surface area contributed by atoms with E-state index in [0.29, 0.717) is 32.7 Å². The molecule has 0 atom stereocenters. The van der Waals surface area contributed by atoms with Gasteiger partial charge in [0.2, 0.25) is 0 Å². The summed E-state index contributed by atoms with van der Waals surface area (Å²) in [5.41, 5.74) is 0. The minimum absolute atomic E-state index is 0.0155. The van der Waals surface area contributed by atoms with E-state index < -0.39 is 0 Å². The lowest BCUT2D eigenvalue weighted by Gasteiger charge is -2.04. The molecule has 86 valence electrons.